The highest BCUT2D eigenvalue weighted by molar-refractivity contribution is 5.38. The van der Waals surface area contributed by atoms with Crippen LogP contribution in [0.5, 0.6) is 5.88 Å². The Kier molecular flexibility index (Phi) is 6.65. The Morgan fingerprint density at radius 2 is 2.10 bits per heavy atom. The van der Waals surface area contributed by atoms with Gasteiger partial charge in [0.05, 0.1) is 19.8 Å². The number of morpholine rings is 1. The van der Waals surface area contributed by atoms with E-state index in [0.29, 0.717) is 24.9 Å². The topological polar surface area (TPSA) is 68.7 Å². The summed E-state index contributed by atoms with van der Waals surface area (Å²) in [4.78, 5) is 11.0. The van der Waals surface area contributed by atoms with Crippen LogP contribution in [0, 0.1) is 6.92 Å². The molecule has 118 valence electrons. The molecule has 1 saturated heterocycles. The van der Waals surface area contributed by atoms with Crippen LogP contribution in [-0.4, -0.2) is 74.6 Å². The average molecular weight is 296 g/mol. The van der Waals surface area contributed by atoms with Crippen molar-refractivity contribution in [3.8, 4) is 5.88 Å². The number of hydrogen-bond acceptors (Lipinski definition) is 7. The molecule has 21 heavy (non-hydrogen) atoms. The number of methoxy groups -OCH3 is 1. The Labute approximate surface area is 125 Å². The molecule has 1 aromatic heterocycles. The van der Waals surface area contributed by atoms with Crippen molar-refractivity contribution in [1.29, 1.82) is 0 Å². The molecule has 2 heterocycles. The molecule has 1 aliphatic rings. The summed E-state index contributed by atoms with van der Waals surface area (Å²) in [5.41, 5.74) is 0. The van der Waals surface area contributed by atoms with Crippen LogP contribution in [0.4, 0.5) is 5.82 Å². The summed E-state index contributed by atoms with van der Waals surface area (Å²) in [6, 6.07) is 1.82. The van der Waals surface area contributed by atoms with E-state index in [1.54, 1.807) is 7.11 Å². The average Bonchev–Trinajstić information content (AvgIpc) is 2.48. The van der Waals surface area contributed by atoms with Crippen molar-refractivity contribution >= 4 is 5.82 Å². The highest BCUT2D eigenvalue weighted by Gasteiger charge is 2.09. The van der Waals surface area contributed by atoms with Gasteiger partial charge >= 0.3 is 0 Å². The summed E-state index contributed by atoms with van der Waals surface area (Å²) in [5, 5.41) is 3.32. The van der Waals surface area contributed by atoms with Crippen molar-refractivity contribution < 1.29 is 14.2 Å². The van der Waals surface area contributed by atoms with Gasteiger partial charge in [-0.3, -0.25) is 4.90 Å². The van der Waals surface area contributed by atoms with Crippen LogP contribution < -0.4 is 10.1 Å². The number of aryl methyl sites for hydroxylation is 1. The lowest BCUT2D eigenvalue weighted by Crippen LogP contribution is -2.39. The highest BCUT2D eigenvalue weighted by Crippen LogP contribution is 2.13. The lowest BCUT2D eigenvalue weighted by molar-refractivity contribution is 0.0398. The molecule has 2 rings (SSSR count). The fourth-order valence-electron chi connectivity index (χ4n) is 2.10. The molecule has 0 bridgehead atoms. The summed E-state index contributed by atoms with van der Waals surface area (Å²) in [7, 11) is 1.65. The van der Waals surface area contributed by atoms with Crippen LogP contribution in [0.25, 0.3) is 0 Å². The van der Waals surface area contributed by atoms with E-state index in [-0.39, 0.29) is 0 Å². The minimum atomic E-state index is 0.486. The third kappa shape index (κ3) is 5.82. The van der Waals surface area contributed by atoms with Crippen molar-refractivity contribution in [3.05, 3.63) is 11.9 Å². The second-order valence-corrected chi connectivity index (χ2v) is 4.86. The third-order valence-electron chi connectivity index (χ3n) is 3.19. The monoisotopic (exact) mass is 296 g/mol. The van der Waals surface area contributed by atoms with Gasteiger partial charge in [0.15, 0.2) is 0 Å². The summed E-state index contributed by atoms with van der Waals surface area (Å²) >= 11 is 0. The molecule has 7 heteroatoms. The summed E-state index contributed by atoms with van der Waals surface area (Å²) in [6.07, 6.45) is 0. The molecule has 1 aromatic rings. The molecule has 0 unspecified atom stereocenters. The molecule has 0 amide bonds. The second-order valence-electron chi connectivity index (χ2n) is 4.86. The largest absolute Gasteiger partial charge is 0.475 e. The summed E-state index contributed by atoms with van der Waals surface area (Å²) in [6.45, 7) is 8.35. The van der Waals surface area contributed by atoms with E-state index in [4.69, 9.17) is 14.2 Å². The number of nitrogens with one attached hydrogen (secondary N) is 1. The quantitative estimate of drug-likeness (QED) is 0.703. The molecule has 0 saturated carbocycles. The number of nitrogens with zero attached hydrogens (tertiary/aromatic N) is 3. The van der Waals surface area contributed by atoms with Crippen LogP contribution >= 0.6 is 0 Å². The number of anilines is 1. The minimum Gasteiger partial charge on any atom is -0.475 e. The zero-order valence-electron chi connectivity index (χ0n) is 12.8. The molecule has 7 nitrogen and oxygen atoms in total. The standard InChI is InChI=1S/C14H24N4O3/c1-12-16-13(11-14(17-12)21-10-9-19-2)15-3-4-18-5-7-20-8-6-18/h11H,3-10H2,1-2H3,(H,15,16,17). The normalized spacial score (nSPS) is 15.9. The SMILES string of the molecule is COCCOc1cc(NCCN2CCOCC2)nc(C)n1. The van der Waals surface area contributed by atoms with Gasteiger partial charge in [-0.2, -0.15) is 4.98 Å². The number of hydrogen-bond donors (Lipinski definition) is 1. The molecule has 0 spiro atoms. The van der Waals surface area contributed by atoms with Gasteiger partial charge in [-0.1, -0.05) is 0 Å². The van der Waals surface area contributed by atoms with Crippen molar-refractivity contribution in [3.63, 3.8) is 0 Å². The van der Waals surface area contributed by atoms with Gasteiger partial charge < -0.3 is 19.5 Å². The first-order valence-electron chi connectivity index (χ1n) is 7.29. The fraction of sp³-hybridized carbons (Fsp3) is 0.714. The Balaban J connectivity index is 1.78. The second kappa shape index (κ2) is 8.76. The predicted octanol–water partition coefficient (Wildman–Crippen LogP) is 0.554. The number of aromatic nitrogens is 2. The van der Waals surface area contributed by atoms with Crippen molar-refractivity contribution in [2.45, 2.75) is 6.92 Å². The smallest absolute Gasteiger partial charge is 0.218 e. The highest BCUT2D eigenvalue weighted by atomic mass is 16.5. The van der Waals surface area contributed by atoms with Crippen molar-refractivity contribution in [1.82, 2.24) is 14.9 Å². The molecule has 0 radical (unpaired) electrons. The summed E-state index contributed by atoms with van der Waals surface area (Å²) in [5.74, 6) is 2.07. The Morgan fingerprint density at radius 1 is 1.29 bits per heavy atom. The van der Waals surface area contributed by atoms with Gasteiger partial charge in [-0.15, -0.1) is 0 Å². The van der Waals surface area contributed by atoms with Crippen LogP contribution in [-0.2, 0) is 9.47 Å². The van der Waals surface area contributed by atoms with Gasteiger partial charge in [-0.05, 0) is 6.92 Å². The van der Waals surface area contributed by atoms with Crippen molar-refractivity contribution in [2.75, 3.05) is 65.0 Å². The maximum atomic E-state index is 5.52. The van der Waals surface area contributed by atoms with Gasteiger partial charge in [0, 0.05) is 39.4 Å². The zero-order valence-corrected chi connectivity index (χ0v) is 12.8. The number of rotatable bonds is 8. The predicted molar refractivity (Wildman–Crippen MR) is 79.9 cm³/mol. The Morgan fingerprint density at radius 3 is 2.86 bits per heavy atom. The molecule has 0 aromatic carbocycles. The first kappa shape index (κ1) is 15.9. The molecular formula is C14H24N4O3. The molecule has 1 N–H and O–H groups in total. The van der Waals surface area contributed by atoms with E-state index in [1.807, 2.05) is 13.0 Å². The number of ether oxygens (including phenoxy) is 3. The lowest BCUT2D eigenvalue weighted by Gasteiger charge is -2.26. The van der Waals surface area contributed by atoms with E-state index in [2.05, 4.69) is 20.2 Å². The first-order valence-corrected chi connectivity index (χ1v) is 7.29. The molecule has 1 fully saturated rings. The Bertz CT molecular complexity index is 425. The van der Waals surface area contributed by atoms with Crippen LogP contribution in [0.15, 0.2) is 6.07 Å². The first-order chi connectivity index (χ1) is 10.3. The van der Waals surface area contributed by atoms with E-state index in [1.165, 1.54) is 0 Å². The third-order valence-corrected chi connectivity index (χ3v) is 3.19. The molecular weight excluding hydrogens is 272 g/mol. The van der Waals surface area contributed by atoms with E-state index >= 15 is 0 Å². The van der Waals surface area contributed by atoms with E-state index in [0.717, 1.165) is 45.2 Å². The maximum absolute atomic E-state index is 5.52. The van der Waals surface area contributed by atoms with E-state index < -0.39 is 0 Å². The molecule has 0 aliphatic carbocycles. The Hall–Kier alpha value is -1.44. The summed E-state index contributed by atoms with van der Waals surface area (Å²) < 4.78 is 15.8. The van der Waals surface area contributed by atoms with Gasteiger partial charge in [-0.25, -0.2) is 4.98 Å². The van der Waals surface area contributed by atoms with Gasteiger partial charge in [0.2, 0.25) is 5.88 Å². The van der Waals surface area contributed by atoms with Crippen LogP contribution in [0.1, 0.15) is 5.82 Å². The van der Waals surface area contributed by atoms with Crippen molar-refractivity contribution in [2.24, 2.45) is 0 Å². The van der Waals surface area contributed by atoms with Gasteiger partial charge in [0.25, 0.3) is 0 Å². The molecule has 1 aliphatic heterocycles. The lowest BCUT2D eigenvalue weighted by atomic mass is 10.4. The van der Waals surface area contributed by atoms with Crippen LogP contribution in [0.2, 0.25) is 0 Å². The van der Waals surface area contributed by atoms with E-state index in [9.17, 15) is 0 Å². The fourth-order valence-corrected chi connectivity index (χ4v) is 2.10. The minimum absolute atomic E-state index is 0.486. The van der Waals surface area contributed by atoms with Crippen LogP contribution in [0.3, 0.4) is 0 Å². The maximum Gasteiger partial charge on any atom is 0.218 e. The van der Waals surface area contributed by atoms with Gasteiger partial charge in [0.1, 0.15) is 18.2 Å². The molecule has 0 atom stereocenters. The zero-order chi connectivity index (χ0) is 14.9.